The lowest BCUT2D eigenvalue weighted by Crippen LogP contribution is -3.00. The highest BCUT2D eigenvalue weighted by Gasteiger charge is 2.09. The smallest absolute Gasteiger partial charge is 0.305 e. The third-order valence-electron chi connectivity index (χ3n) is 5.01. The summed E-state index contributed by atoms with van der Waals surface area (Å²) in [6.07, 6.45) is 20.9. The quantitative estimate of drug-likeness (QED) is 0.118. The lowest BCUT2D eigenvalue weighted by molar-refractivity contribution is -0.870. The second-order valence-corrected chi connectivity index (χ2v) is 8.93. The van der Waals surface area contributed by atoms with Crippen LogP contribution in [-0.4, -0.2) is 44.7 Å². The van der Waals surface area contributed by atoms with Gasteiger partial charge in [-0.15, -0.1) is 0 Å². The summed E-state index contributed by atoms with van der Waals surface area (Å²) in [5.74, 6) is -0.0202. The standard InChI is InChI=1S/C23H48NO2.HI/c1-5-6-7-8-9-10-11-12-13-14-15-16-17-18-19-20-23(25)26-22-21-24(2,3)4;/h5-22H2,1-4H3;1H/q+1;/p-1. The molecule has 0 amide bonds. The lowest BCUT2D eigenvalue weighted by atomic mass is 10.0. The Labute approximate surface area is 187 Å². The second-order valence-electron chi connectivity index (χ2n) is 8.93. The van der Waals surface area contributed by atoms with Crippen LogP contribution in [0.2, 0.25) is 0 Å². The monoisotopic (exact) mass is 497 g/mol. The summed E-state index contributed by atoms with van der Waals surface area (Å²) in [6, 6.07) is 0. The Morgan fingerprint density at radius 1 is 0.667 bits per heavy atom. The molecule has 0 unspecified atom stereocenters. The van der Waals surface area contributed by atoms with E-state index in [0.717, 1.165) is 17.4 Å². The normalized spacial score (nSPS) is 11.3. The van der Waals surface area contributed by atoms with E-state index in [1.807, 2.05) is 0 Å². The van der Waals surface area contributed by atoms with Crippen molar-refractivity contribution in [3.05, 3.63) is 0 Å². The van der Waals surface area contributed by atoms with Crippen LogP contribution in [0.5, 0.6) is 0 Å². The van der Waals surface area contributed by atoms with Gasteiger partial charge in [0.15, 0.2) is 0 Å². The molecule has 4 heteroatoms. The summed E-state index contributed by atoms with van der Waals surface area (Å²) in [6.45, 7) is 3.70. The summed E-state index contributed by atoms with van der Waals surface area (Å²) in [7, 11) is 6.34. The molecule has 0 radical (unpaired) electrons. The topological polar surface area (TPSA) is 26.3 Å². The molecule has 0 bridgehead atoms. The zero-order valence-electron chi connectivity index (χ0n) is 18.9. The molecule has 0 aliphatic rings. The fraction of sp³-hybridized carbons (Fsp3) is 0.957. The zero-order chi connectivity index (χ0) is 19.5. The Morgan fingerprint density at radius 3 is 1.41 bits per heavy atom. The van der Waals surface area contributed by atoms with E-state index in [2.05, 4.69) is 28.1 Å². The minimum absolute atomic E-state index is 0. The molecule has 0 heterocycles. The van der Waals surface area contributed by atoms with Crippen LogP contribution in [0.25, 0.3) is 0 Å². The van der Waals surface area contributed by atoms with Gasteiger partial charge in [-0.3, -0.25) is 4.79 Å². The van der Waals surface area contributed by atoms with E-state index in [1.54, 1.807) is 0 Å². The minimum atomic E-state index is -0.0202. The number of rotatable bonds is 19. The molecule has 0 saturated carbocycles. The van der Waals surface area contributed by atoms with Crippen molar-refractivity contribution in [1.82, 2.24) is 0 Å². The molecular formula is C23H48INO2. The maximum absolute atomic E-state index is 11.6. The molecule has 0 atom stereocenters. The Hall–Kier alpha value is 0.160. The highest BCUT2D eigenvalue weighted by atomic mass is 127. The number of carbonyl (C=O) groups is 1. The molecule has 0 N–H and O–H groups in total. The molecule has 0 rings (SSSR count). The van der Waals surface area contributed by atoms with Crippen LogP contribution in [0, 0.1) is 0 Å². The van der Waals surface area contributed by atoms with Gasteiger partial charge in [0.25, 0.3) is 0 Å². The van der Waals surface area contributed by atoms with Gasteiger partial charge in [0.05, 0.1) is 21.1 Å². The lowest BCUT2D eigenvalue weighted by Gasteiger charge is -2.23. The largest absolute Gasteiger partial charge is 1.00 e. The molecule has 0 spiro atoms. The molecule has 164 valence electrons. The van der Waals surface area contributed by atoms with Crippen LogP contribution in [0.3, 0.4) is 0 Å². The maximum Gasteiger partial charge on any atom is 0.305 e. The number of esters is 1. The zero-order valence-corrected chi connectivity index (χ0v) is 21.0. The summed E-state index contributed by atoms with van der Waals surface area (Å²) < 4.78 is 6.12. The summed E-state index contributed by atoms with van der Waals surface area (Å²) >= 11 is 0. The number of likely N-dealkylation sites (N-methyl/N-ethyl adjacent to an activating group) is 1. The number of ether oxygens (including phenoxy) is 1. The van der Waals surface area contributed by atoms with E-state index in [1.165, 1.54) is 89.9 Å². The van der Waals surface area contributed by atoms with Crippen LogP contribution in [0.4, 0.5) is 0 Å². The van der Waals surface area contributed by atoms with Crippen molar-refractivity contribution >= 4 is 5.97 Å². The Morgan fingerprint density at radius 2 is 1.04 bits per heavy atom. The van der Waals surface area contributed by atoms with Crippen molar-refractivity contribution in [3.63, 3.8) is 0 Å². The molecular weight excluding hydrogens is 449 g/mol. The molecule has 3 nitrogen and oxygen atoms in total. The summed E-state index contributed by atoms with van der Waals surface area (Å²) in [4.78, 5) is 11.6. The first-order valence-electron chi connectivity index (χ1n) is 11.4. The van der Waals surface area contributed by atoms with Crippen molar-refractivity contribution < 1.29 is 38.0 Å². The Kier molecular flexibility index (Phi) is 22.7. The first kappa shape index (κ1) is 29.4. The molecule has 0 aliphatic heterocycles. The van der Waals surface area contributed by atoms with Crippen LogP contribution in [0.15, 0.2) is 0 Å². The van der Waals surface area contributed by atoms with Crippen LogP contribution >= 0.6 is 0 Å². The second kappa shape index (κ2) is 20.9. The van der Waals surface area contributed by atoms with Gasteiger partial charge in [-0.2, -0.15) is 0 Å². The van der Waals surface area contributed by atoms with Gasteiger partial charge in [0, 0.05) is 6.42 Å². The fourth-order valence-corrected chi connectivity index (χ4v) is 3.15. The molecule has 0 aliphatic carbocycles. The third kappa shape index (κ3) is 26.2. The van der Waals surface area contributed by atoms with Crippen LogP contribution in [0.1, 0.15) is 110 Å². The number of hydrogen-bond donors (Lipinski definition) is 0. The molecule has 0 saturated heterocycles. The van der Waals surface area contributed by atoms with Crippen molar-refractivity contribution in [2.24, 2.45) is 0 Å². The van der Waals surface area contributed by atoms with Crippen LogP contribution in [-0.2, 0) is 9.53 Å². The van der Waals surface area contributed by atoms with E-state index in [4.69, 9.17) is 4.74 Å². The van der Waals surface area contributed by atoms with Gasteiger partial charge in [0.2, 0.25) is 0 Å². The highest BCUT2D eigenvalue weighted by Crippen LogP contribution is 2.13. The van der Waals surface area contributed by atoms with Gasteiger partial charge >= 0.3 is 5.97 Å². The Bertz CT molecular complexity index is 316. The van der Waals surface area contributed by atoms with Gasteiger partial charge in [-0.25, -0.2) is 0 Å². The highest BCUT2D eigenvalue weighted by molar-refractivity contribution is 5.69. The predicted molar refractivity (Wildman–Crippen MR) is 113 cm³/mol. The van der Waals surface area contributed by atoms with Crippen molar-refractivity contribution in [3.8, 4) is 0 Å². The predicted octanol–water partition coefficient (Wildman–Crippen LogP) is 3.50. The first-order chi connectivity index (χ1) is 12.5. The van der Waals surface area contributed by atoms with Crippen LogP contribution < -0.4 is 24.0 Å². The molecule has 0 aromatic rings. The van der Waals surface area contributed by atoms with Gasteiger partial charge < -0.3 is 33.2 Å². The summed E-state index contributed by atoms with van der Waals surface area (Å²) in [5, 5.41) is 0. The molecule has 0 aromatic heterocycles. The molecule has 0 aromatic carbocycles. The number of quaternary nitrogens is 1. The number of hydrogen-bond acceptors (Lipinski definition) is 2. The van der Waals surface area contributed by atoms with Gasteiger partial charge in [-0.05, 0) is 6.42 Å². The van der Waals surface area contributed by atoms with E-state index in [9.17, 15) is 4.79 Å². The van der Waals surface area contributed by atoms with E-state index >= 15 is 0 Å². The molecule has 27 heavy (non-hydrogen) atoms. The van der Waals surface area contributed by atoms with Gasteiger partial charge in [0.1, 0.15) is 13.2 Å². The van der Waals surface area contributed by atoms with Crippen molar-refractivity contribution in [2.75, 3.05) is 34.3 Å². The number of carbonyl (C=O) groups excluding carboxylic acids is 1. The fourth-order valence-electron chi connectivity index (χ4n) is 3.15. The third-order valence-corrected chi connectivity index (χ3v) is 5.01. The van der Waals surface area contributed by atoms with E-state index in [-0.39, 0.29) is 29.9 Å². The van der Waals surface area contributed by atoms with Crippen molar-refractivity contribution in [2.45, 2.75) is 110 Å². The SMILES string of the molecule is CCCCCCCCCCCCCCCCCC(=O)OCC[N+](C)(C)C.[I-]. The van der Waals surface area contributed by atoms with Gasteiger partial charge in [-0.1, -0.05) is 96.8 Å². The first-order valence-corrected chi connectivity index (χ1v) is 11.4. The average Bonchev–Trinajstić information content (AvgIpc) is 2.57. The van der Waals surface area contributed by atoms with Crippen molar-refractivity contribution in [1.29, 1.82) is 0 Å². The Balaban J connectivity index is 0. The van der Waals surface area contributed by atoms with E-state index < -0.39 is 0 Å². The van der Waals surface area contributed by atoms with E-state index in [0.29, 0.717) is 13.0 Å². The number of halogens is 1. The average molecular weight is 498 g/mol. The number of nitrogens with zero attached hydrogens (tertiary/aromatic N) is 1. The summed E-state index contributed by atoms with van der Waals surface area (Å²) in [5.41, 5.74) is 0. The molecule has 0 fully saturated rings. The minimum Gasteiger partial charge on any atom is -1.00 e. The number of unbranched alkanes of at least 4 members (excludes halogenated alkanes) is 14. The maximum atomic E-state index is 11.6.